The van der Waals surface area contributed by atoms with Crippen LogP contribution in [0.15, 0.2) is 53.1 Å². The van der Waals surface area contributed by atoms with Crippen molar-refractivity contribution in [3.05, 3.63) is 58.7 Å². The average molecular weight is 601 g/mol. The van der Waals surface area contributed by atoms with Crippen LogP contribution in [0.3, 0.4) is 0 Å². The normalized spacial score (nSPS) is 41.8. The topological polar surface area (TPSA) is 61.8 Å². The first-order valence-corrected chi connectivity index (χ1v) is 18.0. The number of likely N-dealkylation sites (tertiary alicyclic amines) is 1. The van der Waals surface area contributed by atoms with E-state index in [1.54, 1.807) is 16.7 Å². The standard InChI is InChI=1S/C39H56N2O3/c1-25-20-35-37(41(24-25)19-18-40-36(43)13-10-28-8-6-5-7-9-28)27(3)39(44-35)17-15-31-32-12-11-29-21-30(42)14-16-38(29,4)34(32)22-33(31)26(2)23-39/h5-9,21,25,27,30-32,34-35,37,42H,10-20,22-24H2,1-4H3,(H,40,43)/t25-,27+,30-,31-,32-,34-,35+,37-,38-,39-/m0/s1. The van der Waals surface area contributed by atoms with E-state index in [2.05, 4.69) is 56.1 Å². The molecule has 7 rings (SSSR count). The number of carbonyl (C=O) groups excluding carboxylic acids is 1. The number of nitrogens with one attached hydrogen (secondary N) is 1. The fourth-order valence-corrected chi connectivity index (χ4v) is 11.2. The third-order valence-electron chi connectivity index (χ3n) is 13.5. The molecule has 2 saturated carbocycles. The molecule has 5 heteroatoms. The molecule has 240 valence electrons. The molecule has 1 spiro atoms. The van der Waals surface area contributed by atoms with E-state index in [-0.39, 0.29) is 23.0 Å². The van der Waals surface area contributed by atoms with Crippen molar-refractivity contribution >= 4 is 5.91 Å². The summed E-state index contributed by atoms with van der Waals surface area (Å²) in [6.45, 7) is 12.5. The molecule has 2 aliphatic heterocycles. The van der Waals surface area contributed by atoms with Crippen LogP contribution >= 0.6 is 0 Å². The number of aliphatic hydroxyl groups is 1. The van der Waals surface area contributed by atoms with Gasteiger partial charge < -0.3 is 15.2 Å². The van der Waals surface area contributed by atoms with Gasteiger partial charge in [-0.25, -0.2) is 0 Å². The van der Waals surface area contributed by atoms with Gasteiger partial charge in [0.15, 0.2) is 0 Å². The predicted octanol–water partition coefficient (Wildman–Crippen LogP) is 6.85. The van der Waals surface area contributed by atoms with Gasteiger partial charge in [0.2, 0.25) is 5.91 Å². The molecule has 6 aliphatic rings. The summed E-state index contributed by atoms with van der Waals surface area (Å²) in [6.07, 6.45) is 14.1. The van der Waals surface area contributed by atoms with Gasteiger partial charge in [-0.3, -0.25) is 9.69 Å². The highest BCUT2D eigenvalue weighted by Crippen LogP contribution is 2.64. The molecule has 0 aromatic heterocycles. The van der Waals surface area contributed by atoms with Crippen LogP contribution in [-0.2, 0) is 16.0 Å². The predicted molar refractivity (Wildman–Crippen MR) is 176 cm³/mol. The second-order valence-electron chi connectivity index (χ2n) is 16.0. The molecule has 4 aliphatic carbocycles. The van der Waals surface area contributed by atoms with E-state index in [0.29, 0.717) is 42.9 Å². The summed E-state index contributed by atoms with van der Waals surface area (Å²) in [5.74, 6) is 3.48. The van der Waals surface area contributed by atoms with Crippen LogP contribution in [0, 0.1) is 35.0 Å². The van der Waals surface area contributed by atoms with Crippen molar-refractivity contribution in [1.82, 2.24) is 10.2 Å². The van der Waals surface area contributed by atoms with Crippen LogP contribution in [0.4, 0.5) is 0 Å². The van der Waals surface area contributed by atoms with Crippen LogP contribution < -0.4 is 5.32 Å². The van der Waals surface area contributed by atoms with Gasteiger partial charge >= 0.3 is 0 Å². The van der Waals surface area contributed by atoms with Crippen molar-refractivity contribution in [3.8, 4) is 0 Å². The Morgan fingerprint density at radius 1 is 1.14 bits per heavy atom. The first kappa shape index (κ1) is 30.7. The molecule has 2 saturated heterocycles. The van der Waals surface area contributed by atoms with E-state index in [1.165, 1.54) is 37.7 Å². The molecule has 0 bridgehead atoms. The number of benzene rings is 1. The first-order valence-electron chi connectivity index (χ1n) is 18.0. The largest absolute Gasteiger partial charge is 0.389 e. The number of ether oxygens (including phenoxy) is 1. The van der Waals surface area contributed by atoms with Gasteiger partial charge in [0.05, 0.1) is 17.8 Å². The van der Waals surface area contributed by atoms with Crippen molar-refractivity contribution in [1.29, 1.82) is 0 Å². The number of aliphatic hydroxyl groups excluding tert-OH is 1. The quantitative estimate of drug-likeness (QED) is 0.351. The second-order valence-corrected chi connectivity index (χ2v) is 16.0. The Labute approximate surface area is 265 Å². The number of allylic oxidation sites excluding steroid dienone is 2. The summed E-state index contributed by atoms with van der Waals surface area (Å²) in [5, 5.41) is 13.6. The number of amides is 1. The van der Waals surface area contributed by atoms with Crippen molar-refractivity contribution < 1.29 is 14.6 Å². The van der Waals surface area contributed by atoms with E-state index in [0.717, 1.165) is 57.0 Å². The summed E-state index contributed by atoms with van der Waals surface area (Å²) in [4.78, 5) is 15.3. The molecule has 5 nitrogen and oxygen atoms in total. The Morgan fingerprint density at radius 2 is 1.95 bits per heavy atom. The van der Waals surface area contributed by atoms with Gasteiger partial charge in [-0.15, -0.1) is 0 Å². The van der Waals surface area contributed by atoms with Crippen LogP contribution in [0.2, 0.25) is 0 Å². The van der Waals surface area contributed by atoms with E-state index < -0.39 is 0 Å². The molecule has 0 unspecified atom stereocenters. The number of fused-ring (bicyclic) bond motifs is 6. The molecule has 0 radical (unpaired) electrons. The maximum Gasteiger partial charge on any atom is 0.220 e. The van der Waals surface area contributed by atoms with Gasteiger partial charge in [-0.05, 0) is 106 Å². The zero-order valence-electron chi connectivity index (χ0n) is 27.7. The molecule has 2 heterocycles. The maximum atomic E-state index is 12.7. The molecule has 4 fully saturated rings. The minimum Gasteiger partial charge on any atom is -0.389 e. The van der Waals surface area contributed by atoms with E-state index in [4.69, 9.17) is 4.74 Å². The van der Waals surface area contributed by atoms with Gasteiger partial charge in [0, 0.05) is 38.0 Å². The lowest BCUT2D eigenvalue weighted by Gasteiger charge is -2.49. The van der Waals surface area contributed by atoms with Gasteiger partial charge in [-0.2, -0.15) is 0 Å². The maximum absolute atomic E-state index is 12.7. The summed E-state index contributed by atoms with van der Waals surface area (Å²) in [6, 6.07) is 10.7. The van der Waals surface area contributed by atoms with Crippen LogP contribution in [-0.4, -0.2) is 59.4 Å². The summed E-state index contributed by atoms with van der Waals surface area (Å²) in [5.41, 5.74) is 6.40. The number of hydrogen-bond acceptors (Lipinski definition) is 4. The fourth-order valence-electron chi connectivity index (χ4n) is 11.2. The van der Waals surface area contributed by atoms with E-state index in [1.807, 2.05) is 18.2 Å². The number of carbonyl (C=O) groups is 1. The van der Waals surface area contributed by atoms with Gasteiger partial charge in [-0.1, -0.05) is 73.9 Å². The molecule has 1 aromatic rings. The monoisotopic (exact) mass is 600 g/mol. The SMILES string of the molecule is CC1=C2C[C@H]3[C@@H](CCC4=C[C@@H](O)CC[C@@]43C)[C@@H]2CC[C@@]2(C1)O[C@@H]1C[C@H](C)CN(CCNC(=O)CCc3ccccc3)[C@H]1[C@H]2C. The highest BCUT2D eigenvalue weighted by molar-refractivity contribution is 5.76. The number of nitrogens with zero attached hydrogens (tertiary/aromatic N) is 1. The lowest BCUT2D eigenvalue weighted by molar-refractivity contribution is -0.121. The van der Waals surface area contributed by atoms with Crippen LogP contribution in [0.1, 0.15) is 97.5 Å². The first-order chi connectivity index (χ1) is 21.2. The molecule has 1 amide bonds. The van der Waals surface area contributed by atoms with Gasteiger partial charge in [0.25, 0.3) is 0 Å². The Hall–Kier alpha value is -1.95. The molecule has 44 heavy (non-hydrogen) atoms. The summed E-state index contributed by atoms with van der Waals surface area (Å²) < 4.78 is 7.29. The van der Waals surface area contributed by atoms with Gasteiger partial charge in [0.1, 0.15) is 0 Å². The molecule has 10 atom stereocenters. The third kappa shape index (κ3) is 5.43. The lowest BCUT2D eigenvalue weighted by Crippen LogP contribution is -2.53. The Bertz CT molecular complexity index is 1290. The number of piperidine rings is 1. The highest BCUT2D eigenvalue weighted by atomic mass is 16.5. The van der Waals surface area contributed by atoms with E-state index >= 15 is 0 Å². The Kier molecular flexibility index (Phi) is 8.38. The van der Waals surface area contributed by atoms with Crippen molar-refractivity contribution in [2.45, 2.75) is 122 Å². The minimum atomic E-state index is -0.231. The number of rotatable bonds is 6. The van der Waals surface area contributed by atoms with Crippen molar-refractivity contribution in [2.75, 3.05) is 19.6 Å². The van der Waals surface area contributed by atoms with Crippen molar-refractivity contribution in [2.24, 2.45) is 35.0 Å². The number of aryl methyl sites for hydroxylation is 1. The number of hydrogen-bond donors (Lipinski definition) is 2. The average Bonchev–Trinajstić information content (AvgIpc) is 3.47. The zero-order chi connectivity index (χ0) is 30.6. The lowest BCUT2D eigenvalue weighted by atomic mass is 9.56. The minimum absolute atomic E-state index is 0.0634. The molecular weight excluding hydrogens is 544 g/mol. The van der Waals surface area contributed by atoms with Crippen LogP contribution in [0.25, 0.3) is 0 Å². The zero-order valence-corrected chi connectivity index (χ0v) is 27.7. The second kappa shape index (κ2) is 12.0. The van der Waals surface area contributed by atoms with E-state index in [9.17, 15) is 9.90 Å². The smallest absolute Gasteiger partial charge is 0.220 e. The highest BCUT2D eigenvalue weighted by Gasteiger charge is 2.59. The molecular formula is C39H56N2O3. The Morgan fingerprint density at radius 3 is 2.77 bits per heavy atom. The molecule has 1 aromatic carbocycles. The summed E-state index contributed by atoms with van der Waals surface area (Å²) >= 11 is 0. The third-order valence-corrected chi connectivity index (χ3v) is 13.5. The fraction of sp³-hybridized carbons (Fsp3) is 0.718. The summed E-state index contributed by atoms with van der Waals surface area (Å²) in [7, 11) is 0. The van der Waals surface area contributed by atoms with Crippen molar-refractivity contribution in [3.63, 3.8) is 0 Å². The van der Waals surface area contributed by atoms with Crippen LogP contribution in [0.5, 0.6) is 0 Å². The Balaban J connectivity index is 1.02. The molecule has 2 N–H and O–H groups in total.